The van der Waals surface area contributed by atoms with Crippen LogP contribution in [0.1, 0.15) is 26.2 Å². The van der Waals surface area contributed by atoms with Crippen molar-refractivity contribution in [2.45, 2.75) is 31.8 Å². The van der Waals surface area contributed by atoms with E-state index in [1.165, 1.54) is 5.69 Å². The highest BCUT2D eigenvalue weighted by Gasteiger charge is 2.46. The van der Waals surface area contributed by atoms with Crippen LogP contribution in [0.3, 0.4) is 0 Å². The first kappa shape index (κ1) is 23.1. The van der Waals surface area contributed by atoms with Crippen molar-refractivity contribution in [2.75, 3.05) is 68.7 Å². The quantitative estimate of drug-likeness (QED) is 0.724. The Bertz CT molecular complexity index is 958. The van der Waals surface area contributed by atoms with Gasteiger partial charge in [-0.3, -0.25) is 9.69 Å². The van der Waals surface area contributed by atoms with E-state index < -0.39 is 11.0 Å². The number of piperidine rings is 1. The summed E-state index contributed by atoms with van der Waals surface area (Å²) in [5.74, 6) is 0.922. The fraction of sp³-hybridized carbons (Fsp3) is 0.577. The topological polar surface area (TPSA) is 76.0 Å². The Balaban J connectivity index is 1.12. The molecule has 5 rings (SSSR count). The van der Waals surface area contributed by atoms with Crippen LogP contribution in [0, 0.1) is 5.41 Å². The highest BCUT2D eigenvalue weighted by atomic mass is 16.3. The number of amides is 1. The molecule has 0 spiro atoms. The first-order valence-electron chi connectivity index (χ1n) is 12.5. The Morgan fingerprint density at radius 1 is 0.882 bits per heavy atom. The maximum Gasteiger partial charge on any atom is 0.228 e. The van der Waals surface area contributed by atoms with Crippen LogP contribution in [0.5, 0.6) is 0 Å². The van der Waals surface area contributed by atoms with Crippen molar-refractivity contribution < 1.29 is 9.90 Å². The highest BCUT2D eigenvalue weighted by Crippen LogP contribution is 2.36. The van der Waals surface area contributed by atoms with E-state index in [1.54, 1.807) is 12.4 Å². The summed E-state index contributed by atoms with van der Waals surface area (Å²) in [6.07, 6.45) is 5.72. The van der Waals surface area contributed by atoms with Crippen molar-refractivity contribution in [3.05, 3.63) is 48.8 Å². The number of nitrogens with zero attached hydrogens (tertiary/aromatic N) is 6. The fourth-order valence-corrected chi connectivity index (χ4v) is 5.63. The number of likely N-dealkylation sites (tertiary alicyclic amines) is 1. The Labute approximate surface area is 202 Å². The average Bonchev–Trinajstić information content (AvgIpc) is 3.27. The summed E-state index contributed by atoms with van der Waals surface area (Å²) in [7, 11) is 0. The lowest BCUT2D eigenvalue weighted by Gasteiger charge is -2.41. The SMILES string of the molecule is CC1(C(=O)N2CC[C@@](O)(CN3CCN(c4ccccc4)CC3)C2)CCN(c2ncccn2)CC1. The molecule has 2 aromatic rings. The number of carbonyl (C=O) groups is 1. The number of benzene rings is 1. The molecule has 8 nitrogen and oxygen atoms in total. The number of piperazine rings is 1. The molecular weight excluding hydrogens is 428 g/mol. The number of carbonyl (C=O) groups excluding carboxylic acids is 1. The molecule has 1 amide bonds. The van der Waals surface area contributed by atoms with Crippen LogP contribution in [0.4, 0.5) is 11.6 Å². The summed E-state index contributed by atoms with van der Waals surface area (Å²) in [6.45, 7) is 9.12. The van der Waals surface area contributed by atoms with Gasteiger partial charge in [0.1, 0.15) is 0 Å². The maximum absolute atomic E-state index is 13.5. The minimum absolute atomic E-state index is 0.186. The highest BCUT2D eigenvalue weighted by molar-refractivity contribution is 5.83. The molecule has 182 valence electrons. The van der Waals surface area contributed by atoms with Crippen molar-refractivity contribution in [1.82, 2.24) is 19.8 Å². The summed E-state index contributed by atoms with van der Waals surface area (Å²) in [6, 6.07) is 12.3. The van der Waals surface area contributed by atoms with Crippen LogP contribution in [0.15, 0.2) is 48.8 Å². The zero-order chi connectivity index (χ0) is 23.6. The number of aliphatic hydroxyl groups is 1. The lowest BCUT2D eigenvalue weighted by molar-refractivity contribution is -0.142. The average molecular weight is 465 g/mol. The molecule has 3 saturated heterocycles. The van der Waals surface area contributed by atoms with Gasteiger partial charge in [0.05, 0.1) is 12.1 Å². The van der Waals surface area contributed by atoms with Crippen molar-refractivity contribution in [3.63, 3.8) is 0 Å². The van der Waals surface area contributed by atoms with Crippen LogP contribution in [-0.2, 0) is 4.79 Å². The molecule has 0 aliphatic carbocycles. The van der Waals surface area contributed by atoms with Crippen LogP contribution in [0.25, 0.3) is 0 Å². The normalized spacial score (nSPS) is 25.5. The smallest absolute Gasteiger partial charge is 0.228 e. The van der Waals surface area contributed by atoms with E-state index in [0.717, 1.165) is 58.1 Å². The van der Waals surface area contributed by atoms with Gasteiger partial charge in [-0.15, -0.1) is 0 Å². The van der Waals surface area contributed by atoms with Gasteiger partial charge < -0.3 is 19.8 Å². The van der Waals surface area contributed by atoms with Gasteiger partial charge in [-0.1, -0.05) is 25.1 Å². The van der Waals surface area contributed by atoms with E-state index in [1.807, 2.05) is 17.0 Å². The van der Waals surface area contributed by atoms with E-state index in [4.69, 9.17) is 0 Å². The molecule has 0 saturated carbocycles. The van der Waals surface area contributed by atoms with Crippen LogP contribution >= 0.6 is 0 Å². The number of aromatic nitrogens is 2. The fourth-order valence-electron chi connectivity index (χ4n) is 5.63. The van der Waals surface area contributed by atoms with Gasteiger partial charge in [-0.25, -0.2) is 9.97 Å². The lowest BCUT2D eigenvalue weighted by atomic mass is 9.79. The van der Waals surface area contributed by atoms with Gasteiger partial charge in [0.15, 0.2) is 0 Å². The second-order valence-electron chi connectivity index (χ2n) is 10.4. The number of anilines is 2. The number of para-hydroxylation sites is 1. The van der Waals surface area contributed by atoms with E-state index in [0.29, 0.717) is 26.1 Å². The van der Waals surface area contributed by atoms with E-state index >= 15 is 0 Å². The first-order chi connectivity index (χ1) is 16.4. The van der Waals surface area contributed by atoms with E-state index in [9.17, 15) is 9.90 Å². The second-order valence-corrected chi connectivity index (χ2v) is 10.4. The molecule has 8 heteroatoms. The third kappa shape index (κ3) is 4.88. The molecule has 1 aromatic carbocycles. The molecule has 3 aliphatic heterocycles. The molecule has 34 heavy (non-hydrogen) atoms. The summed E-state index contributed by atoms with van der Waals surface area (Å²) < 4.78 is 0. The molecule has 0 bridgehead atoms. The van der Waals surface area contributed by atoms with Crippen molar-refractivity contribution in [2.24, 2.45) is 5.41 Å². The molecule has 4 heterocycles. The predicted octanol–water partition coefficient (Wildman–Crippen LogP) is 1.87. The van der Waals surface area contributed by atoms with Gasteiger partial charge in [-0.05, 0) is 37.5 Å². The van der Waals surface area contributed by atoms with E-state index in [-0.39, 0.29) is 5.91 Å². The minimum atomic E-state index is -0.820. The second kappa shape index (κ2) is 9.50. The third-order valence-electron chi connectivity index (χ3n) is 7.85. The summed E-state index contributed by atoms with van der Waals surface area (Å²) >= 11 is 0. The van der Waals surface area contributed by atoms with Gasteiger partial charge in [0.25, 0.3) is 0 Å². The summed E-state index contributed by atoms with van der Waals surface area (Å²) in [4.78, 5) is 31.0. The molecule has 3 fully saturated rings. The molecule has 1 N–H and O–H groups in total. The predicted molar refractivity (Wildman–Crippen MR) is 133 cm³/mol. The molecule has 1 atom stereocenters. The Hall–Kier alpha value is -2.71. The summed E-state index contributed by atoms with van der Waals surface area (Å²) in [5.41, 5.74) is 0.0498. The Morgan fingerprint density at radius 2 is 1.56 bits per heavy atom. The monoisotopic (exact) mass is 464 g/mol. The third-order valence-corrected chi connectivity index (χ3v) is 7.85. The standard InChI is InChI=1S/C26H36N6O2/c1-25(8-13-31(14-9-25)24-27-11-5-12-28-24)23(33)32-15-10-26(34,21-32)20-29-16-18-30(19-17-29)22-6-3-2-4-7-22/h2-7,11-12,34H,8-10,13-21H2,1H3/t26-/m1/s1. The van der Waals surface area contributed by atoms with Crippen LogP contribution in [0.2, 0.25) is 0 Å². The minimum Gasteiger partial charge on any atom is -0.387 e. The van der Waals surface area contributed by atoms with Crippen molar-refractivity contribution in [1.29, 1.82) is 0 Å². The number of β-amino-alcohol motifs (C(OH)–C–C–N with tert-alkyl or cyclic N) is 1. The number of hydrogen-bond donors (Lipinski definition) is 1. The molecule has 1 aromatic heterocycles. The number of hydrogen-bond acceptors (Lipinski definition) is 7. The maximum atomic E-state index is 13.5. The zero-order valence-corrected chi connectivity index (χ0v) is 20.1. The number of rotatable bonds is 5. The molecular formula is C26H36N6O2. The van der Waals surface area contributed by atoms with Gasteiger partial charge in [0.2, 0.25) is 11.9 Å². The molecule has 0 unspecified atom stereocenters. The molecule has 0 radical (unpaired) electrons. The largest absolute Gasteiger partial charge is 0.387 e. The van der Waals surface area contributed by atoms with Crippen molar-refractivity contribution in [3.8, 4) is 0 Å². The Morgan fingerprint density at radius 3 is 2.24 bits per heavy atom. The van der Waals surface area contributed by atoms with Crippen molar-refractivity contribution >= 4 is 17.5 Å². The summed E-state index contributed by atoms with van der Waals surface area (Å²) in [5, 5.41) is 11.3. The van der Waals surface area contributed by atoms with Gasteiger partial charge in [-0.2, -0.15) is 0 Å². The Kier molecular flexibility index (Phi) is 6.44. The van der Waals surface area contributed by atoms with E-state index in [2.05, 4.69) is 55.9 Å². The molecule has 3 aliphatic rings. The van der Waals surface area contributed by atoms with Crippen LogP contribution in [-0.4, -0.2) is 95.3 Å². The lowest BCUT2D eigenvalue weighted by Crippen LogP contribution is -2.54. The first-order valence-corrected chi connectivity index (χ1v) is 12.5. The van der Waals surface area contributed by atoms with Crippen LogP contribution < -0.4 is 9.80 Å². The van der Waals surface area contributed by atoms with Gasteiger partial charge in [0, 0.05) is 75.9 Å². The zero-order valence-electron chi connectivity index (χ0n) is 20.1. The van der Waals surface area contributed by atoms with Gasteiger partial charge >= 0.3 is 0 Å².